The van der Waals surface area contributed by atoms with E-state index >= 15 is 0 Å². The van der Waals surface area contributed by atoms with Crippen LogP contribution >= 0.6 is 21.6 Å². The van der Waals surface area contributed by atoms with E-state index in [2.05, 4.69) is 9.97 Å². The van der Waals surface area contributed by atoms with Crippen molar-refractivity contribution in [3.8, 4) is 0 Å². The van der Waals surface area contributed by atoms with Crippen LogP contribution in [0.4, 0.5) is 0 Å². The van der Waals surface area contributed by atoms with Crippen LogP contribution in [0.15, 0.2) is 47.2 Å². The van der Waals surface area contributed by atoms with E-state index in [0.717, 1.165) is 21.6 Å². The second-order valence-electron chi connectivity index (χ2n) is 2.62. The lowest BCUT2D eigenvalue weighted by Crippen LogP contribution is -2.30. The monoisotopic (exact) mass is 254 g/mol. The van der Waals surface area contributed by atoms with Gasteiger partial charge in [0, 0.05) is 33.7 Å². The van der Waals surface area contributed by atoms with Crippen molar-refractivity contribution in [1.29, 1.82) is 0 Å². The Morgan fingerprint density at radius 3 is 1.69 bits per heavy atom. The maximum absolute atomic E-state index is 11.2. The molecule has 0 saturated heterocycles. The van der Waals surface area contributed by atoms with Crippen molar-refractivity contribution < 1.29 is 9.46 Å². The number of nitrogens with zero attached hydrogens (tertiary/aromatic N) is 4. The normalized spacial score (nSPS) is 10.2. The minimum atomic E-state index is 0.262. The lowest BCUT2D eigenvalue weighted by molar-refractivity contribution is -0.651. The highest BCUT2D eigenvalue weighted by Crippen LogP contribution is 2.30. The highest BCUT2D eigenvalue weighted by molar-refractivity contribution is 8.76. The zero-order valence-electron chi connectivity index (χ0n) is 7.89. The highest BCUT2D eigenvalue weighted by atomic mass is 33.1. The molecule has 0 unspecified atom stereocenters. The van der Waals surface area contributed by atoms with E-state index in [-0.39, 0.29) is 10.3 Å². The fourth-order valence-electron chi connectivity index (χ4n) is 0.879. The Labute approximate surface area is 98.9 Å². The van der Waals surface area contributed by atoms with Crippen molar-refractivity contribution in [2.45, 2.75) is 10.3 Å². The fourth-order valence-corrected chi connectivity index (χ4v) is 2.65. The lowest BCUT2D eigenvalue weighted by Gasteiger charge is -2.04. The van der Waals surface area contributed by atoms with Gasteiger partial charge in [-0.05, 0) is 9.97 Å². The summed E-state index contributed by atoms with van der Waals surface area (Å²) in [4.78, 5) is 7.75. The number of aromatic nitrogens is 4. The summed E-state index contributed by atoms with van der Waals surface area (Å²) in [7, 11) is 2.17. The summed E-state index contributed by atoms with van der Waals surface area (Å²) in [5.74, 6) is 0. The summed E-state index contributed by atoms with van der Waals surface area (Å²) in [6, 6.07) is 3.08. The summed E-state index contributed by atoms with van der Waals surface area (Å²) in [6.07, 6.45) is 5.72. The van der Waals surface area contributed by atoms with Crippen LogP contribution in [0.2, 0.25) is 0 Å². The van der Waals surface area contributed by atoms with Crippen LogP contribution in [0.5, 0.6) is 0 Å². The smallest absolute Gasteiger partial charge is 0.373 e. The van der Waals surface area contributed by atoms with Crippen molar-refractivity contribution in [3.63, 3.8) is 0 Å². The molecule has 2 rings (SSSR count). The van der Waals surface area contributed by atoms with Crippen molar-refractivity contribution >= 4 is 21.6 Å². The number of hydrogen-bond donors (Lipinski definition) is 0. The third kappa shape index (κ3) is 2.52. The van der Waals surface area contributed by atoms with Crippen LogP contribution in [0, 0.1) is 10.4 Å². The summed E-state index contributed by atoms with van der Waals surface area (Å²) in [6.45, 7) is 0. The molecule has 0 amide bonds. The molecule has 2 aromatic heterocycles. The van der Waals surface area contributed by atoms with Gasteiger partial charge in [-0.1, -0.05) is 0 Å². The summed E-state index contributed by atoms with van der Waals surface area (Å²) >= 11 is 0. The van der Waals surface area contributed by atoms with Gasteiger partial charge in [0.15, 0.2) is 0 Å². The summed E-state index contributed by atoms with van der Waals surface area (Å²) in [5.41, 5.74) is 0. The van der Waals surface area contributed by atoms with Crippen LogP contribution in [0.1, 0.15) is 0 Å². The van der Waals surface area contributed by atoms with Crippen molar-refractivity contribution in [2.75, 3.05) is 0 Å². The minimum Gasteiger partial charge on any atom is -0.710 e. The predicted octanol–water partition coefficient (Wildman–Crippen LogP) is 0.543. The first-order valence-corrected chi connectivity index (χ1v) is 6.35. The Bertz CT molecular complexity index is 451. The van der Waals surface area contributed by atoms with E-state index in [1.807, 2.05) is 0 Å². The van der Waals surface area contributed by atoms with Gasteiger partial charge in [-0.25, -0.2) is 9.46 Å². The van der Waals surface area contributed by atoms with Crippen LogP contribution in [0.25, 0.3) is 0 Å². The fraction of sp³-hybridized carbons (Fsp3) is 0. The van der Waals surface area contributed by atoms with Gasteiger partial charge in [0.1, 0.15) is 12.4 Å². The third-order valence-electron chi connectivity index (χ3n) is 1.55. The standard InChI is InChI=1S/C8H6N4O2S2/c13-11-5-1-3-9-7(11)15-16-8-10-4-2-6-12(8)14/h1-6H. The average Bonchev–Trinajstić information content (AvgIpc) is 2.30. The van der Waals surface area contributed by atoms with E-state index in [1.165, 1.54) is 36.9 Å². The first-order valence-electron chi connectivity index (χ1n) is 4.20. The van der Waals surface area contributed by atoms with E-state index in [1.54, 1.807) is 0 Å². The molecule has 82 valence electrons. The molecule has 0 saturated carbocycles. The zero-order chi connectivity index (χ0) is 11.4. The number of rotatable bonds is 3. The lowest BCUT2D eigenvalue weighted by atomic mass is 10.7. The molecule has 0 spiro atoms. The van der Waals surface area contributed by atoms with Gasteiger partial charge in [0.2, 0.25) is 0 Å². The SMILES string of the molecule is [O-][n+]1cccnc1SSc1nccc[n+]1[O-]. The quantitative estimate of drug-likeness (QED) is 0.344. The van der Waals surface area contributed by atoms with Gasteiger partial charge in [-0.15, -0.1) is 0 Å². The molecule has 0 aliphatic carbocycles. The molecule has 6 nitrogen and oxygen atoms in total. The van der Waals surface area contributed by atoms with E-state index < -0.39 is 0 Å². The molecule has 2 heterocycles. The first kappa shape index (κ1) is 11.0. The molecule has 16 heavy (non-hydrogen) atoms. The molecule has 0 fully saturated rings. The van der Waals surface area contributed by atoms with Crippen molar-refractivity contribution in [1.82, 2.24) is 9.97 Å². The van der Waals surface area contributed by atoms with E-state index in [9.17, 15) is 10.4 Å². The second-order valence-corrected chi connectivity index (χ2v) is 4.69. The third-order valence-corrected chi connectivity index (χ3v) is 3.65. The van der Waals surface area contributed by atoms with Crippen LogP contribution < -0.4 is 9.46 Å². The van der Waals surface area contributed by atoms with Gasteiger partial charge in [0.25, 0.3) is 0 Å². The summed E-state index contributed by atoms with van der Waals surface area (Å²) in [5, 5.41) is 23.0. The van der Waals surface area contributed by atoms with Crippen LogP contribution in [-0.4, -0.2) is 9.97 Å². The number of hydrogen-bond acceptors (Lipinski definition) is 6. The molecule has 0 aromatic carbocycles. The minimum absolute atomic E-state index is 0.262. The molecule has 0 atom stereocenters. The highest BCUT2D eigenvalue weighted by Gasteiger charge is 2.14. The van der Waals surface area contributed by atoms with Crippen LogP contribution in [-0.2, 0) is 0 Å². The molecule has 0 radical (unpaired) electrons. The molecule has 2 aromatic rings. The molecule has 8 heteroatoms. The molecule has 0 aliphatic heterocycles. The van der Waals surface area contributed by atoms with Gasteiger partial charge in [-0.2, -0.15) is 0 Å². The van der Waals surface area contributed by atoms with Gasteiger partial charge in [-0.3, -0.25) is 0 Å². The molecular weight excluding hydrogens is 248 g/mol. The first-order chi connectivity index (χ1) is 7.77. The topological polar surface area (TPSA) is 79.7 Å². The molecular formula is C8H6N4O2S2. The van der Waals surface area contributed by atoms with Crippen molar-refractivity contribution in [3.05, 3.63) is 47.3 Å². The summed E-state index contributed by atoms with van der Waals surface area (Å²) < 4.78 is 1.27. The average molecular weight is 254 g/mol. The van der Waals surface area contributed by atoms with E-state index in [0.29, 0.717) is 9.46 Å². The van der Waals surface area contributed by atoms with Gasteiger partial charge in [0.05, 0.1) is 12.4 Å². The maximum Gasteiger partial charge on any atom is 0.373 e. The van der Waals surface area contributed by atoms with Gasteiger partial charge >= 0.3 is 10.3 Å². The maximum atomic E-state index is 11.2. The Morgan fingerprint density at radius 1 is 0.875 bits per heavy atom. The van der Waals surface area contributed by atoms with E-state index in [4.69, 9.17) is 0 Å². The Balaban J connectivity index is 2.09. The van der Waals surface area contributed by atoms with Crippen LogP contribution in [0.3, 0.4) is 0 Å². The predicted molar refractivity (Wildman–Crippen MR) is 58.1 cm³/mol. The second kappa shape index (κ2) is 4.99. The Morgan fingerprint density at radius 2 is 1.31 bits per heavy atom. The Kier molecular flexibility index (Phi) is 3.42. The molecule has 0 aliphatic rings. The van der Waals surface area contributed by atoms with Crippen molar-refractivity contribution in [2.24, 2.45) is 0 Å². The zero-order valence-corrected chi connectivity index (χ0v) is 9.52. The van der Waals surface area contributed by atoms with Gasteiger partial charge < -0.3 is 10.4 Å². The molecule has 0 bridgehead atoms. The molecule has 0 N–H and O–H groups in total. The largest absolute Gasteiger partial charge is 0.710 e. The Hall–Kier alpha value is -1.54.